The maximum Gasteiger partial charge on any atom is 0.262 e. The van der Waals surface area contributed by atoms with Gasteiger partial charge in [0.15, 0.2) is 10.9 Å². The molecule has 0 radical (unpaired) electrons. The molecule has 0 unspecified atom stereocenters. The Hall–Kier alpha value is -2.68. The first-order valence-electron chi connectivity index (χ1n) is 10.9. The van der Waals surface area contributed by atoms with Gasteiger partial charge in [0.1, 0.15) is 0 Å². The molecule has 0 saturated heterocycles. The smallest absolute Gasteiger partial charge is 0.262 e. The molecule has 172 valence electrons. The number of benzene rings is 1. The van der Waals surface area contributed by atoms with Gasteiger partial charge in [-0.05, 0) is 56.3 Å². The maximum atomic E-state index is 13.1. The van der Waals surface area contributed by atoms with E-state index in [1.54, 1.807) is 28.0 Å². The fraction of sp³-hybridized carbons (Fsp3) is 0.320. The van der Waals surface area contributed by atoms with Crippen molar-refractivity contribution in [3.05, 3.63) is 80.0 Å². The van der Waals surface area contributed by atoms with E-state index >= 15 is 0 Å². The number of thioether (sulfide) groups is 1. The molecule has 3 heterocycles. The number of fused-ring (bicyclic) bond motifs is 1. The number of carbonyl (C=O) groups excluding carboxylic acids is 1. The lowest BCUT2D eigenvalue weighted by Crippen LogP contribution is -2.24. The lowest BCUT2D eigenvalue weighted by atomic mass is 10.2. The summed E-state index contributed by atoms with van der Waals surface area (Å²) >= 11 is 3.03. The van der Waals surface area contributed by atoms with Crippen molar-refractivity contribution in [3.63, 3.8) is 0 Å². The maximum absolute atomic E-state index is 13.1. The summed E-state index contributed by atoms with van der Waals surface area (Å²) in [6.07, 6.45) is 1.39. The zero-order valence-corrected chi connectivity index (χ0v) is 20.4. The highest BCUT2D eigenvalue weighted by molar-refractivity contribution is 7.99. The van der Waals surface area contributed by atoms with Crippen molar-refractivity contribution in [2.24, 2.45) is 0 Å². The van der Waals surface area contributed by atoms with Crippen LogP contribution in [0, 0.1) is 13.8 Å². The summed E-state index contributed by atoms with van der Waals surface area (Å²) in [5.41, 5.74) is 3.23. The van der Waals surface area contributed by atoms with Crippen LogP contribution in [-0.4, -0.2) is 37.4 Å². The topological polar surface area (TPSA) is 77.1 Å². The van der Waals surface area contributed by atoms with Gasteiger partial charge in [0.05, 0.1) is 16.7 Å². The number of aryl methyl sites for hydroxylation is 2. The minimum atomic E-state index is -0.143. The number of Topliss-reactive ketones (excluding diaryl/α,β-unsaturated/α-hetero) is 1. The zero-order chi connectivity index (χ0) is 23.4. The second-order valence-corrected chi connectivity index (χ2v) is 9.90. The van der Waals surface area contributed by atoms with Crippen molar-refractivity contribution >= 4 is 39.8 Å². The molecule has 0 saturated carbocycles. The second kappa shape index (κ2) is 10.5. The molecule has 4 rings (SSSR count). The summed E-state index contributed by atoms with van der Waals surface area (Å²) in [5, 5.41) is 12.4. The normalized spacial score (nSPS) is 11.4. The van der Waals surface area contributed by atoms with Gasteiger partial charge in [-0.2, -0.15) is 0 Å². The van der Waals surface area contributed by atoms with Crippen molar-refractivity contribution in [2.75, 3.05) is 12.4 Å². The molecule has 0 amide bonds. The van der Waals surface area contributed by atoms with Gasteiger partial charge in [-0.15, -0.1) is 11.3 Å². The molecular formula is C25H27N3O3S2. The standard InChI is InChI=1S/C25H27N3O3S2/c1-17-15-21(18(2)27(17)12-10-19-7-5-14-32-19)23(30)16-33-25-26-22-9-4-3-8-20(22)24(31)28(25)11-6-13-29/h3-5,7-9,14-15,29H,6,10-13,16H2,1-2H3. The summed E-state index contributed by atoms with van der Waals surface area (Å²) in [7, 11) is 0. The van der Waals surface area contributed by atoms with Crippen LogP contribution in [0.25, 0.3) is 10.9 Å². The number of hydrogen-bond donors (Lipinski definition) is 1. The Labute approximate surface area is 200 Å². The number of aliphatic hydroxyl groups is 1. The number of aliphatic hydroxyl groups excluding tert-OH is 1. The number of para-hydroxylation sites is 1. The van der Waals surface area contributed by atoms with E-state index in [9.17, 15) is 14.7 Å². The molecule has 0 aliphatic heterocycles. The van der Waals surface area contributed by atoms with Crippen molar-refractivity contribution in [2.45, 2.75) is 44.9 Å². The molecule has 0 fully saturated rings. The SMILES string of the molecule is Cc1cc(C(=O)CSc2nc3ccccc3c(=O)n2CCCO)c(C)n1CCc1cccs1. The molecule has 0 bridgehead atoms. The van der Waals surface area contributed by atoms with Crippen LogP contribution in [0.5, 0.6) is 0 Å². The summed E-state index contributed by atoms with van der Waals surface area (Å²) < 4.78 is 3.77. The Morgan fingerprint density at radius 3 is 2.70 bits per heavy atom. The fourth-order valence-corrected chi connectivity index (χ4v) is 5.60. The number of nitrogens with zero attached hydrogens (tertiary/aromatic N) is 3. The molecule has 0 aliphatic carbocycles. The third-order valence-electron chi connectivity index (χ3n) is 5.73. The van der Waals surface area contributed by atoms with Crippen LogP contribution >= 0.6 is 23.1 Å². The average molecular weight is 482 g/mol. The Bertz CT molecular complexity index is 1320. The monoisotopic (exact) mass is 481 g/mol. The Morgan fingerprint density at radius 1 is 1.12 bits per heavy atom. The number of rotatable bonds is 10. The van der Waals surface area contributed by atoms with Crippen LogP contribution in [0.3, 0.4) is 0 Å². The van der Waals surface area contributed by atoms with Crippen LogP contribution in [0.2, 0.25) is 0 Å². The fourth-order valence-electron chi connectivity index (χ4n) is 4.00. The van der Waals surface area contributed by atoms with Crippen LogP contribution in [0.4, 0.5) is 0 Å². The molecule has 1 aromatic carbocycles. The van der Waals surface area contributed by atoms with E-state index in [-0.39, 0.29) is 23.7 Å². The van der Waals surface area contributed by atoms with Crippen molar-refractivity contribution in [1.82, 2.24) is 14.1 Å². The summed E-state index contributed by atoms with van der Waals surface area (Å²) in [5.74, 6) is 0.214. The lowest BCUT2D eigenvalue weighted by Gasteiger charge is -2.12. The van der Waals surface area contributed by atoms with E-state index in [2.05, 4.69) is 27.1 Å². The van der Waals surface area contributed by atoms with E-state index in [1.165, 1.54) is 16.6 Å². The second-order valence-electron chi connectivity index (χ2n) is 7.92. The zero-order valence-electron chi connectivity index (χ0n) is 18.8. The number of carbonyl (C=O) groups is 1. The molecule has 6 nitrogen and oxygen atoms in total. The quantitative estimate of drug-likeness (QED) is 0.205. The third kappa shape index (κ3) is 5.13. The van der Waals surface area contributed by atoms with Crippen LogP contribution in [0.15, 0.2) is 57.8 Å². The average Bonchev–Trinajstić information content (AvgIpc) is 3.43. The summed E-state index contributed by atoms with van der Waals surface area (Å²) in [6, 6.07) is 13.4. The first kappa shape index (κ1) is 23.5. The number of thiophene rings is 1. The molecule has 0 aliphatic rings. The minimum Gasteiger partial charge on any atom is -0.396 e. The molecule has 1 N–H and O–H groups in total. The van der Waals surface area contributed by atoms with E-state index in [0.717, 1.165) is 29.9 Å². The Morgan fingerprint density at radius 2 is 1.94 bits per heavy atom. The highest BCUT2D eigenvalue weighted by Gasteiger charge is 2.18. The molecule has 0 atom stereocenters. The van der Waals surface area contributed by atoms with E-state index < -0.39 is 0 Å². The van der Waals surface area contributed by atoms with E-state index in [1.807, 2.05) is 32.0 Å². The number of hydrogen-bond acceptors (Lipinski definition) is 6. The van der Waals surface area contributed by atoms with Crippen LogP contribution in [-0.2, 0) is 19.5 Å². The molecule has 4 aromatic rings. The van der Waals surface area contributed by atoms with Gasteiger partial charge in [0, 0.05) is 41.5 Å². The predicted octanol–water partition coefficient (Wildman–Crippen LogP) is 4.48. The van der Waals surface area contributed by atoms with Crippen LogP contribution < -0.4 is 5.56 Å². The van der Waals surface area contributed by atoms with Gasteiger partial charge in [0.2, 0.25) is 0 Å². The molecular weight excluding hydrogens is 454 g/mol. The molecule has 8 heteroatoms. The Balaban J connectivity index is 1.54. The predicted molar refractivity (Wildman–Crippen MR) is 135 cm³/mol. The molecule has 3 aromatic heterocycles. The molecule has 0 spiro atoms. The highest BCUT2D eigenvalue weighted by Crippen LogP contribution is 2.23. The first-order valence-corrected chi connectivity index (χ1v) is 12.8. The number of ketones is 1. The first-order chi connectivity index (χ1) is 16.0. The van der Waals surface area contributed by atoms with E-state index in [0.29, 0.717) is 29.0 Å². The largest absolute Gasteiger partial charge is 0.396 e. The van der Waals surface area contributed by atoms with E-state index in [4.69, 9.17) is 0 Å². The number of aromatic nitrogens is 3. The van der Waals surface area contributed by atoms with Crippen LogP contribution in [0.1, 0.15) is 33.0 Å². The van der Waals surface area contributed by atoms with Gasteiger partial charge in [-0.1, -0.05) is 30.0 Å². The minimum absolute atomic E-state index is 0.0141. The Kier molecular flexibility index (Phi) is 7.47. The lowest BCUT2D eigenvalue weighted by molar-refractivity contribution is 0.102. The van der Waals surface area contributed by atoms with Crippen molar-refractivity contribution in [1.29, 1.82) is 0 Å². The summed E-state index contributed by atoms with van der Waals surface area (Å²) in [4.78, 5) is 32.1. The summed E-state index contributed by atoms with van der Waals surface area (Å²) in [6.45, 7) is 5.21. The highest BCUT2D eigenvalue weighted by atomic mass is 32.2. The van der Waals surface area contributed by atoms with Crippen molar-refractivity contribution < 1.29 is 9.90 Å². The van der Waals surface area contributed by atoms with Gasteiger partial charge in [0.25, 0.3) is 5.56 Å². The van der Waals surface area contributed by atoms with Gasteiger partial charge >= 0.3 is 0 Å². The van der Waals surface area contributed by atoms with Gasteiger partial charge < -0.3 is 9.67 Å². The van der Waals surface area contributed by atoms with Crippen molar-refractivity contribution in [3.8, 4) is 0 Å². The molecule has 33 heavy (non-hydrogen) atoms. The van der Waals surface area contributed by atoms with Gasteiger partial charge in [-0.3, -0.25) is 14.2 Å². The van der Waals surface area contributed by atoms with Gasteiger partial charge in [-0.25, -0.2) is 4.98 Å². The third-order valence-corrected chi connectivity index (χ3v) is 7.65.